The highest BCUT2D eigenvalue weighted by molar-refractivity contribution is 8.00. The van der Waals surface area contributed by atoms with E-state index in [1.165, 1.54) is 24.3 Å². The fourth-order valence-electron chi connectivity index (χ4n) is 3.40. The summed E-state index contributed by atoms with van der Waals surface area (Å²) in [7, 11) is -3.81. The molecule has 0 aliphatic carbocycles. The predicted molar refractivity (Wildman–Crippen MR) is 137 cm³/mol. The number of carbonyl (C=O) groups is 1. The number of thioether (sulfide) groups is 1. The summed E-state index contributed by atoms with van der Waals surface area (Å²) in [6, 6.07) is 28.9. The first-order valence-corrected chi connectivity index (χ1v) is 13.0. The van der Waals surface area contributed by atoms with Crippen LogP contribution in [0.15, 0.2) is 101 Å². The van der Waals surface area contributed by atoms with Gasteiger partial charge in [-0.3, -0.25) is 4.79 Å². The largest absolute Gasteiger partial charge is 0.325 e. The number of hydrogen-bond donors (Lipinski definition) is 2. The molecule has 0 aliphatic rings. The molecule has 1 heterocycles. The summed E-state index contributed by atoms with van der Waals surface area (Å²) in [5, 5.41) is 18.2. The van der Waals surface area contributed by atoms with Gasteiger partial charge < -0.3 is 5.32 Å². The number of pyridine rings is 1. The number of hydrogen-bond acceptors (Lipinski definition) is 6. The maximum absolute atomic E-state index is 12.6. The van der Waals surface area contributed by atoms with E-state index in [1.807, 2.05) is 66.7 Å². The van der Waals surface area contributed by atoms with Crippen LogP contribution < -0.4 is 10.5 Å². The second kappa shape index (κ2) is 10.5. The van der Waals surface area contributed by atoms with E-state index in [0.29, 0.717) is 22.0 Å². The molecular weight excluding hydrogens is 480 g/mol. The Balaban J connectivity index is 1.61. The standard InChI is InChI=1S/C26H20N4O3S2/c27-16-23-22(18-7-3-1-4-8-18)15-24(19-9-5-2-6-10-19)30-26(23)34-17-25(31)29-20-11-13-21(14-12-20)35(28,32)33/h1-15H,17H2,(H,29,31)(H2,28,32,33). The molecule has 174 valence electrons. The number of anilines is 1. The molecule has 0 spiro atoms. The number of nitrogens with zero attached hydrogens (tertiary/aromatic N) is 2. The molecule has 4 rings (SSSR count). The van der Waals surface area contributed by atoms with Crippen LogP contribution in [0.4, 0.5) is 5.69 Å². The fourth-order valence-corrected chi connectivity index (χ4v) is 4.71. The molecule has 1 aromatic heterocycles. The Kier molecular flexibility index (Phi) is 7.27. The fraction of sp³-hybridized carbons (Fsp3) is 0.0385. The molecule has 0 fully saturated rings. The number of carbonyl (C=O) groups excluding carboxylic acids is 1. The Bertz CT molecular complexity index is 1500. The van der Waals surface area contributed by atoms with Gasteiger partial charge >= 0.3 is 0 Å². The van der Waals surface area contributed by atoms with Crippen LogP contribution in [0.5, 0.6) is 0 Å². The van der Waals surface area contributed by atoms with E-state index in [2.05, 4.69) is 11.4 Å². The summed E-state index contributed by atoms with van der Waals surface area (Å²) < 4.78 is 22.8. The van der Waals surface area contributed by atoms with Gasteiger partial charge in [-0.05, 0) is 35.9 Å². The Labute approximate surface area is 207 Å². The topological polar surface area (TPSA) is 126 Å². The van der Waals surface area contributed by atoms with Crippen LogP contribution in [0.3, 0.4) is 0 Å². The summed E-state index contributed by atoms with van der Waals surface area (Å²) >= 11 is 1.16. The number of nitrogens with one attached hydrogen (secondary N) is 1. The molecule has 3 N–H and O–H groups in total. The lowest BCUT2D eigenvalue weighted by Crippen LogP contribution is -2.15. The van der Waals surface area contributed by atoms with Crippen molar-refractivity contribution < 1.29 is 13.2 Å². The lowest BCUT2D eigenvalue weighted by molar-refractivity contribution is -0.113. The molecule has 0 atom stereocenters. The van der Waals surface area contributed by atoms with Crippen molar-refractivity contribution in [1.29, 1.82) is 5.26 Å². The number of amides is 1. The first kappa shape index (κ1) is 24.2. The van der Waals surface area contributed by atoms with Crippen molar-refractivity contribution in [3.63, 3.8) is 0 Å². The second-order valence-corrected chi connectivity index (χ2v) is 10.0. The third-order valence-corrected chi connectivity index (χ3v) is 6.96. The maximum Gasteiger partial charge on any atom is 0.238 e. The second-order valence-electron chi connectivity index (χ2n) is 7.49. The lowest BCUT2D eigenvalue weighted by Gasteiger charge is -2.13. The molecule has 7 nitrogen and oxygen atoms in total. The van der Waals surface area contributed by atoms with Gasteiger partial charge in [0.1, 0.15) is 11.1 Å². The Morgan fingerprint density at radius 1 is 0.943 bits per heavy atom. The highest BCUT2D eigenvalue weighted by atomic mass is 32.2. The van der Waals surface area contributed by atoms with Gasteiger partial charge in [-0.2, -0.15) is 5.26 Å². The molecule has 3 aromatic carbocycles. The minimum Gasteiger partial charge on any atom is -0.325 e. The zero-order chi connectivity index (χ0) is 24.8. The molecule has 9 heteroatoms. The number of rotatable bonds is 7. The summed E-state index contributed by atoms with van der Waals surface area (Å²) in [5.41, 5.74) is 4.04. The third-order valence-electron chi connectivity index (χ3n) is 5.06. The number of nitrogens with two attached hydrogens (primary N) is 1. The third kappa shape index (κ3) is 5.94. The minimum absolute atomic E-state index is 0.00505. The van der Waals surface area contributed by atoms with Crippen LogP contribution in [0.2, 0.25) is 0 Å². The number of aromatic nitrogens is 1. The van der Waals surface area contributed by atoms with Crippen molar-refractivity contribution in [1.82, 2.24) is 4.98 Å². The quantitative estimate of drug-likeness (QED) is 0.355. The molecule has 0 saturated carbocycles. The van der Waals surface area contributed by atoms with Crippen LogP contribution in [0.1, 0.15) is 5.56 Å². The first-order valence-electron chi connectivity index (χ1n) is 10.5. The summed E-state index contributed by atoms with van der Waals surface area (Å²) in [5.74, 6) is -0.319. The van der Waals surface area contributed by atoms with Crippen molar-refractivity contribution >= 4 is 33.4 Å². The van der Waals surface area contributed by atoms with E-state index in [9.17, 15) is 18.5 Å². The van der Waals surface area contributed by atoms with Crippen LogP contribution in [0.25, 0.3) is 22.4 Å². The van der Waals surface area contributed by atoms with Gasteiger partial charge in [0.15, 0.2) is 0 Å². The molecule has 0 radical (unpaired) electrons. The summed E-state index contributed by atoms with van der Waals surface area (Å²) in [6.07, 6.45) is 0. The van der Waals surface area contributed by atoms with Crippen LogP contribution in [0, 0.1) is 11.3 Å². The zero-order valence-corrected chi connectivity index (χ0v) is 20.0. The highest BCUT2D eigenvalue weighted by Crippen LogP contribution is 2.34. The van der Waals surface area contributed by atoms with Gasteiger partial charge in [0.05, 0.1) is 21.9 Å². The number of sulfonamides is 1. The SMILES string of the molecule is N#Cc1c(-c2ccccc2)cc(-c2ccccc2)nc1SCC(=O)Nc1ccc(S(N)(=O)=O)cc1. The van der Waals surface area contributed by atoms with E-state index in [1.54, 1.807) is 0 Å². The van der Waals surface area contributed by atoms with Gasteiger partial charge in [0.25, 0.3) is 0 Å². The molecular formula is C26H20N4O3S2. The van der Waals surface area contributed by atoms with Crippen molar-refractivity contribution in [2.75, 3.05) is 11.1 Å². The van der Waals surface area contributed by atoms with Gasteiger partial charge in [-0.1, -0.05) is 72.4 Å². The summed E-state index contributed by atoms with van der Waals surface area (Å²) in [6.45, 7) is 0. The summed E-state index contributed by atoms with van der Waals surface area (Å²) in [4.78, 5) is 17.2. The van der Waals surface area contributed by atoms with Gasteiger partial charge in [0, 0.05) is 16.8 Å². The minimum atomic E-state index is -3.81. The lowest BCUT2D eigenvalue weighted by atomic mass is 9.99. The molecule has 0 aliphatic heterocycles. The van der Waals surface area contributed by atoms with Crippen molar-refractivity contribution in [3.05, 3.63) is 96.6 Å². The van der Waals surface area contributed by atoms with E-state index >= 15 is 0 Å². The predicted octanol–water partition coefficient (Wildman–Crippen LogP) is 4.67. The molecule has 0 unspecified atom stereocenters. The Morgan fingerprint density at radius 2 is 1.54 bits per heavy atom. The zero-order valence-electron chi connectivity index (χ0n) is 18.4. The molecule has 4 aromatic rings. The highest BCUT2D eigenvalue weighted by Gasteiger charge is 2.17. The number of nitriles is 1. The monoisotopic (exact) mass is 500 g/mol. The molecule has 0 saturated heterocycles. The van der Waals surface area contributed by atoms with Gasteiger partial charge in [0.2, 0.25) is 15.9 Å². The molecule has 35 heavy (non-hydrogen) atoms. The van der Waals surface area contributed by atoms with Crippen molar-refractivity contribution in [3.8, 4) is 28.5 Å². The maximum atomic E-state index is 12.6. The first-order chi connectivity index (χ1) is 16.8. The Hall–Kier alpha value is -3.97. The van der Waals surface area contributed by atoms with Crippen molar-refractivity contribution in [2.24, 2.45) is 5.14 Å². The normalized spacial score (nSPS) is 11.0. The van der Waals surface area contributed by atoms with E-state index in [0.717, 1.165) is 28.5 Å². The Morgan fingerprint density at radius 3 is 2.11 bits per heavy atom. The average Bonchev–Trinajstić information content (AvgIpc) is 2.87. The van der Waals surface area contributed by atoms with E-state index in [4.69, 9.17) is 10.1 Å². The van der Waals surface area contributed by atoms with Gasteiger partial charge in [-0.25, -0.2) is 18.5 Å². The van der Waals surface area contributed by atoms with Crippen LogP contribution in [-0.2, 0) is 14.8 Å². The van der Waals surface area contributed by atoms with Crippen LogP contribution in [-0.4, -0.2) is 25.1 Å². The van der Waals surface area contributed by atoms with Crippen LogP contribution >= 0.6 is 11.8 Å². The molecule has 0 bridgehead atoms. The average molecular weight is 501 g/mol. The van der Waals surface area contributed by atoms with E-state index < -0.39 is 10.0 Å². The molecule has 1 amide bonds. The van der Waals surface area contributed by atoms with E-state index in [-0.39, 0.29) is 16.6 Å². The van der Waals surface area contributed by atoms with Crippen molar-refractivity contribution in [2.45, 2.75) is 9.92 Å². The van der Waals surface area contributed by atoms with Gasteiger partial charge in [-0.15, -0.1) is 0 Å². The number of primary sulfonamides is 1. The smallest absolute Gasteiger partial charge is 0.238 e. The number of benzene rings is 3.